The van der Waals surface area contributed by atoms with Crippen molar-refractivity contribution in [3.05, 3.63) is 196 Å². The van der Waals surface area contributed by atoms with Crippen LogP contribution in [0.2, 0.25) is 0 Å². The molecule has 0 aliphatic carbocycles. The summed E-state index contributed by atoms with van der Waals surface area (Å²) in [7, 11) is 1.66. The van der Waals surface area contributed by atoms with Crippen molar-refractivity contribution >= 4 is 21.5 Å². The number of aryl methyl sites for hydroxylation is 1. The Balaban J connectivity index is 1.11. The lowest BCUT2D eigenvalue weighted by atomic mass is 9.82. The van der Waals surface area contributed by atoms with E-state index in [0.717, 1.165) is 104 Å². The van der Waals surface area contributed by atoms with E-state index in [1.54, 1.807) is 7.11 Å². The number of unbranched alkanes of at least 4 members (excludes halogenated alkanes) is 2. The van der Waals surface area contributed by atoms with E-state index in [4.69, 9.17) is 14.2 Å². The Morgan fingerprint density at radius 2 is 0.956 bits per heavy atom. The minimum Gasteiger partial charge on any atom is -0.489 e. The monoisotopic (exact) mass is 924 g/mol. The molecule has 10 heteroatoms. The zero-order chi connectivity index (χ0) is 47.4. The van der Waals surface area contributed by atoms with E-state index in [9.17, 15) is 8.78 Å². The van der Waals surface area contributed by atoms with Crippen molar-refractivity contribution in [3.63, 3.8) is 0 Å². The van der Waals surface area contributed by atoms with Crippen LogP contribution in [0.4, 0.5) is 26.3 Å². The van der Waals surface area contributed by atoms with Gasteiger partial charge in [-0.2, -0.15) is 0 Å². The lowest BCUT2D eigenvalue weighted by Gasteiger charge is -2.39. The van der Waals surface area contributed by atoms with E-state index in [-0.39, 0.29) is 11.1 Å². The summed E-state index contributed by atoms with van der Waals surface area (Å²) in [6.45, 7) is 6.05. The highest BCUT2D eigenvalue weighted by molar-refractivity contribution is 6.12. The summed E-state index contributed by atoms with van der Waals surface area (Å²) in [5.74, 6) is -7.53. The Hall–Kier alpha value is -6.46. The van der Waals surface area contributed by atoms with Crippen LogP contribution in [-0.2, 0) is 35.8 Å². The molecule has 0 saturated carbocycles. The van der Waals surface area contributed by atoms with Gasteiger partial charge in [0.15, 0.2) is 34.9 Å². The molecule has 8 aromatic rings. The second-order valence-corrected chi connectivity index (χ2v) is 18.0. The summed E-state index contributed by atoms with van der Waals surface area (Å²) >= 11 is 0. The van der Waals surface area contributed by atoms with Gasteiger partial charge in [-0.3, -0.25) is 0 Å². The van der Waals surface area contributed by atoms with E-state index in [1.807, 2.05) is 84.9 Å². The summed E-state index contributed by atoms with van der Waals surface area (Å²) in [6, 6.07) is 39.6. The van der Waals surface area contributed by atoms with Gasteiger partial charge in [0.05, 0.1) is 19.7 Å². The predicted molar refractivity (Wildman–Crippen MR) is 257 cm³/mol. The van der Waals surface area contributed by atoms with Crippen molar-refractivity contribution in [1.29, 1.82) is 0 Å². The molecule has 0 amide bonds. The van der Waals surface area contributed by atoms with Gasteiger partial charge in [0.1, 0.15) is 25.4 Å². The summed E-state index contributed by atoms with van der Waals surface area (Å²) in [4.78, 5) is 0. The Bertz CT molecular complexity index is 2900. The Morgan fingerprint density at radius 3 is 1.46 bits per heavy atom. The molecule has 8 aromatic carbocycles. The number of benzene rings is 8. The summed E-state index contributed by atoms with van der Waals surface area (Å²) in [5, 5.41) is 3.31. The van der Waals surface area contributed by atoms with Crippen LogP contribution in [-0.4, -0.2) is 37.9 Å². The van der Waals surface area contributed by atoms with Gasteiger partial charge >= 0.3 is 0 Å². The number of nitrogens with zero attached hydrogens (tertiary/aromatic N) is 1. The molecule has 0 N–H and O–H groups in total. The number of fused-ring (bicyclic) bond motifs is 7. The number of hydrogen-bond donors (Lipinski definition) is 0. The molecule has 0 saturated heterocycles. The maximum atomic E-state index is 15.3. The van der Waals surface area contributed by atoms with Crippen LogP contribution >= 0.6 is 0 Å². The third-order valence-corrected chi connectivity index (χ3v) is 13.3. The van der Waals surface area contributed by atoms with E-state index in [2.05, 4.69) is 31.2 Å². The first-order chi connectivity index (χ1) is 33.0. The van der Waals surface area contributed by atoms with Gasteiger partial charge < -0.3 is 18.7 Å². The van der Waals surface area contributed by atoms with Gasteiger partial charge in [0, 0.05) is 42.6 Å². The lowest BCUT2D eigenvalue weighted by Crippen LogP contribution is -2.48. The molecule has 4 nitrogen and oxygen atoms in total. The number of hydrogen-bond acceptors (Lipinski definition) is 3. The Labute approximate surface area is 392 Å². The van der Waals surface area contributed by atoms with Crippen LogP contribution in [0.1, 0.15) is 53.5 Å². The van der Waals surface area contributed by atoms with Crippen molar-refractivity contribution in [1.82, 2.24) is 0 Å². The maximum absolute atomic E-state index is 15.3. The molecule has 1 heterocycles. The lowest BCUT2D eigenvalue weighted by molar-refractivity contribution is -0.953. The van der Waals surface area contributed by atoms with Crippen LogP contribution in [0.25, 0.3) is 54.9 Å². The number of rotatable bonds is 17. The van der Waals surface area contributed by atoms with Crippen molar-refractivity contribution in [2.75, 3.05) is 33.4 Å². The molecule has 0 bridgehead atoms. The first kappa shape index (κ1) is 46.6. The molecule has 1 aliphatic heterocycles. The van der Waals surface area contributed by atoms with Crippen LogP contribution < -0.4 is 4.74 Å². The van der Waals surface area contributed by atoms with Crippen LogP contribution in [0.5, 0.6) is 5.75 Å². The maximum Gasteiger partial charge on any atom is 0.194 e. The molecular weight excluding hydrogens is 873 g/mol. The van der Waals surface area contributed by atoms with Crippen molar-refractivity contribution in [3.8, 4) is 39.1 Å². The molecule has 348 valence electrons. The van der Waals surface area contributed by atoms with Gasteiger partial charge in [-0.15, -0.1) is 0 Å². The molecular formula is C58H52F6NO3+. The normalized spacial score (nSPS) is 13.1. The highest BCUT2D eigenvalue weighted by Gasteiger charge is 2.38. The minimum atomic E-state index is -1.55. The first-order valence-corrected chi connectivity index (χ1v) is 23.1. The fourth-order valence-electron chi connectivity index (χ4n) is 9.84. The molecule has 0 radical (unpaired) electrons. The van der Waals surface area contributed by atoms with E-state index in [0.29, 0.717) is 74.6 Å². The van der Waals surface area contributed by atoms with Crippen molar-refractivity contribution in [2.24, 2.45) is 0 Å². The van der Waals surface area contributed by atoms with Crippen molar-refractivity contribution in [2.45, 2.75) is 58.9 Å². The smallest absolute Gasteiger partial charge is 0.194 e. The van der Waals surface area contributed by atoms with Gasteiger partial charge in [0.25, 0.3) is 0 Å². The van der Waals surface area contributed by atoms with Crippen LogP contribution in [0.15, 0.2) is 133 Å². The number of quaternary nitrogens is 1. The molecule has 1 aliphatic rings. The highest BCUT2D eigenvalue weighted by Crippen LogP contribution is 2.50. The summed E-state index contributed by atoms with van der Waals surface area (Å²) < 4.78 is 109. The number of ether oxygens (including phenoxy) is 3. The fourth-order valence-corrected chi connectivity index (χ4v) is 9.84. The summed E-state index contributed by atoms with van der Waals surface area (Å²) in [6.07, 6.45) is 2.96. The average Bonchev–Trinajstić information content (AvgIpc) is 3.50. The molecule has 0 spiro atoms. The van der Waals surface area contributed by atoms with E-state index >= 15 is 17.6 Å². The molecule has 0 atom stereocenters. The molecule has 0 aromatic heterocycles. The van der Waals surface area contributed by atoms with Crippen molar-refractivity contribution < 1.29 is 45.0 Å². The Morgan fingerprint density at radius 1 is 0.500 bits per heavy atom. The molecule has 0 unspecified atom stereocenters. The zero-order valence-electron chi connectivity index (χ0n) is 38.1. The van der Waals surface area contributed by atoms with Crippen LogP contribution in [0.3, 0.4) is 0 Å². The zero-order valence-corrected chi connectivity index (χ0v) is 38.1. The fraction of sp³-hybridized carbons (Fsp3) is 0.241. The topological polar surface area (TPSA) is 27.7 Å². The highest BCUT2D eigenvalue weighted by atomic mass is 19.2. The largest absolute Gasteiger partial charge is 0.489 e. The molecule has 9 rings (SSSR count). The minimum absolute atomic E-state index is 0.187. The van der Waals surface area contributed by atoms with Crippen LogP contribution in [0, 0.1) is 41.8 Å². The van der Waals surface area contributed by atoms with Gasteiger partial charge in [-0.25, -0.2) is 26.3 Å². The van der Waals surface area contributed by atoms with Gasteiger partial charge in [0.2, 0.25) is 0 Å². The summed E-state index contributed by atoms with van der Waals surface area (Å²) in [5.41, 5.74) is 8.01. The predicted octanol–water partition coefficient (Wildman–Crippen LogP) is 15.0. The third-order valence-electron chi connectivity index (χ3n) is 13.3. The number of halogens is 6. The van der Waals surface area contributed by atoms with Gasteiger partial charge in [-0.05, 0) is 136 Å². The quantitative estimate of drug-likeness (QED) is 0.0394. The second-order valence-electron chi connectivity index (χ2n) is 18.0. The average molecular weight is 925 g/mol. The molecule has 68 heavy (non-hydrogen) atoms. The SMILES string of the molecule is COCCCC[N+]1(CCCCOCc2ccc(OCc3ccc(C)cc3)cc2)Cc2c(-c3cc(F)c(F)c(F)c3)cc3ccccc3c2-c2c(c(-c3cc(F)c(F)c(F)c3)cc3ccccc23)C1. The Kier molecular flexibility index (Phi) is 14.0. The van der Waals surface area contributed by atoms with E-state index in [1.165, 1.54) is 5.56 Å². The third kappa shape index (κ3) is 9.90. The standard InChI is InChI=1S/C58H52F6NO3/c1-37-15-17-39(18-16-37)36-68-44-21-19-38(20-22-44)35-67-26-10-8-24-65(23-7-9-25-66-2)33-49-47(42-29-51(59)57(63)52(60)30-42)27-40-11-3-5-13-45(40)55(49)56-46-14-6-4-12-41(46)28-48(50(56)34-65)43-31-53(61)58(64)54(62)32-43/h3-6,11-22,27-32H,7-10,23-26,33-36H2,1-2H3/q+1. The number of methoxy groups -OCH3 is 1. The first-order valence-electron chi connectivity index (χ1n) is 23.1. The van der Waals surface area contributed by atoms with Gasteiger partial charge in [-0.1, -0.05) is 90.5 Å². The molecule has 0 fully saturated rings. The second kappa shape index (κ2) is 20.4. The van der Waals surface area contributed by atoms with E-state index < -0.39 is 34.9 Å².